The maximum absolute atomic E-state index is 14.3. The molecular formula is C30H41NO6. The summed E-state index contributed by atoms with van der Waals surface area (Å²) in [5, 5.41) is 55.1. The van der Waals surface area contributed by atoms with Crippen molar-refractivity contribution in [3.8, 4) is 6.07 Å². The predicted molar refractivity (Wildman–Crippen MR) is 136 cm³/mol. The number of hydrogen-bond acceptors (Lipinski definition) is 6. The van der Waals surface area contributed by atoms with Gasteiger partial charge in [-0.25, -0.2) is 0 Å². The Balaban J connectivity index is 1.73. The van der Waals surface area contributed by atoms with E-state index in [4.69, 9.17) is 0 Å². The highest BCUT2D eigenvalue weighted by molar-refractivity contribution is 6.01. The molecule has 202 valence electrons. The summed E-state index contributed by atoms with van der Waals surface area (Å²) in [7, 11) is 0. The van der Waals surface area contributed by atoms with Crippen molar-refractivity contribution in [1.29, 1.82) is 5.26 Å². The Hall–Kier alpha value is -2.17. The van der Waals surface area contributed by atoms with Crippen molar-refractivity contribution in [1.82, 2.24) is 0 Å². The van der Waals surface area contributed by atoms with Gasteiger partial charge in [0.05, 0.1) is 17.1 Å². The monoisotopic (exact) mass is 511 g/mol. The van der Waals surface area contributed by atoms with E-state index in [2.05, 4.69) is 26.8 Å². The molecule has 7 nitrogen and oxygen atoms in total. The van der Waals surface area contributed by atoms with E-state index in [-0.39, 0.29) is 23.2 Å². The van der Waals surface area contributed by atoms with E-state index in [1.54, 1.807) is 13.0 Å². The molecule has 0 heterocycles. The van der Waals surface area contributed by atoms with Crippen molar-refractivity contribution in [3.63, 3.8) is 0 Å². The van der Waals surface area contributed by atoms with E-state index >= 15 is 0 Å². The van der Waals surface area contributed by atoms with Crippen LogP contribution < -0.4 is 0 Å². The Morgan fingerprint density at radius 1 is 1.00 bits per heavy atom. The summed E-state index contributed by atoms with van der Waals surface area (Å²) in [5.74, 6) is -2.78. The summed E-state index contributed by atoms with van der Waals surface area (Å²) in [6.07, 6.45) is 5.30. The normalized spacial score (nSPS) is 50.6. The number of allylic oxidation sites excluding steroid dienone is 2. The van der Waals surface area contributed by atoms with E-state index in [1.807, 2.05) is 13.8 Å². The van der Waals surface area contributed by atoms with Crippen LogP contribution in [0.2, 0.25) is 0 Å². The van der Waals surface area contributed by atoms with Crippen molar-refractivity contribution in [2.45, 2.75) is 104 Å². The van der Waals surface area contributed by atoms with Crippen LogP contribution in [-0.4, -0.2) is 43.4 Å². The van der Waals surface area contributed by atoms with Crippen molar-refractivity contribution >= 4 is 11.8 Å². The molecule has 0 radical (unpaired) electrons. The zero-order chi connectivity index (χ0) is 27.6. The molecule has 3 saturated carbocycles. The molecule has 0 aromatic rings. The molecule has 3 fully saturated rings. The molecule has 5 aliphatic carbocycles. The van der Waals surface area contributed by atoms with Crippen LogP contribution in [-0.2, 0) is 9.59 Å². The number of rotatable bonds is 1. The minimum atomic E-state index is -1.84. The number of carbonyl (C=O) groups is 2. The van der Waals surface area contributed by atoms with E-state index in [1.165, 1.54) is 0 Å². The zero-order valence-corrected chi connectivity index (χ0v) is 22.9. The minimum absolute atomic E-state index is 0.120. The smallest absolute Gasteiger partial charge is 0.310 e. The first-order valence-electron chi connectivity index (χ1n) is 13.7. The van der Waals surface area contributed by atoms with Gasteiger partial charge in [-0.1, -0.05) is 40.2 Å². The highest BCUT2D eigenvalue weighted by Gasteiger charge is 2.77. The summed E-state index contributed by atoms with van der Waals surface area (Å²) in [5.41, 5.74) is -6.21. The van der Waals surface area contributed by atoms with E-state index in [9.17, 15) is 35.3 Å². The first-order valence-corrected chi connectivity index (χ1v) is 13.7. The molecule has 4 N–H and O–H groups in total. The SMILES string of the molecule is CC1(C)CC[C@]2(C(=O)O)CC[C@@]3(C)[C@]4(C)CCC5[C@](C)(O)C(O)=C(C#N)C[C@]5(C)C4=CC(=O)[C@]3(O)[C@@H]2C1. The van der Waals surface area contributed by atoms with Crippen LogP contribution in [0.1, 0.15) is 92.9 Å². The summed E-state index contributed by atoms with van der Waals surface area (Å²) >= 11 is 0. The Kier molecular flexibility index (Phi) is 5.19. The molecule has 0 bridgehead atoms. The third kappa shape index (κ3) is 2.84. The van der Waals surface area contributed by atoms with Gasteiger partial charge in [-0.3, -0.25) is 9.59 Å². The van der Waals surface area contributed by atoms with E-state index < -0.39 is 56.5 Å². The van der Waals surface area contributed by atoms with Crippen LogP contribution in [0.5, 0.6) is 0 Å². The molecule has 0 aromatic heterocycles. The fourth-order valence-electron chi connectivity index (χ4n) is 9.96. The molecule has 0 saturated heterocycles. The van der Waals surface area contributed by atoms with Gasteiger partial charge in [-0.05, 0) is 75.2 Å². The quantitative estimate of drug-likeness (QED) is 0.395. The largest absolute Gasteiger partial charge is 0.508 e. The molecule has 8 atom stereocenters. The molecule has 0 spiro atoms. The second kappa shape index (κ2) is 7.27. The van der Waals surface area contributed by atoms with Gasteiger partial charge in [0.1, 0.15) is 17.0 Å². The van der Waals surface area contributed by atoms with Crippen LogP contribution in [0.15, 0.2) is 23.0 Å². The average Bonchev–Trinajstić information content (AvgIpc) is 2.80. The Morgan fingerprint density at radius 2 is 1.62 bits per heavy atom. The Bertz CT molecular complexity index is 1210. The molecule has 1 unspecified atom stereocenters. The predicted octanol–water partition coefficient (Wildman–Crippen LogP) is 4.84. The number of nitrogens with zero attached hydrogens (tertiary/aromatic N) is 1. The number of aliphatic hydroxyl groups is 3. The molecule has 5 rings (SSSR count). The van der Waals surface area contributed by atoms with Crippen molar-refractivity contribution in [2.24, 2.45) is 38.9 Å². The summed E-state index contributed by atoms with van der Waals surface area (Å²) in [6.45, 7) is 11.7. The fraction of sp³-hybridized carbons (Fsp3) is 0.767. The Labute approximate surface area is 219 Å². The lowest BCUT2D eigenvalue weighted by molar-refractivity contribution is -0.249. The van der Waals surface area contributed by atoms with Crippen molar-refractivity contribution in [2.75, 3.05) is 0 Å². The number of nitriles is 1. The molecule has 0 aromatic carbocycles. The second-order valence-electron chi connectivity index (χ2n) is 14.5. The van der Waals surface area contributed by atoms with Crippen molar-refractivity contribution < 1.29 is 30.0 Å². The number of carboxylic acid groups (broad SMARTS) is 1. The first-order chi connectivity index (χ1) is 16.9. The summed E-state index contributed by atoms with van der Waals surface area (Å²) in [4.78, 5) is 27.1. The summed E-state index contributed by atoms with van der Waals surface area (Å²) < 4.78 is 0. The second-order valence-corrected chi connectivity index (χ2v) is 14.5. The van der Waals surface area contributed by atoms with Gasteiger partial charge in [0.15, 0.2) is 5.78 Å². The van der Waals surface area contributed by atoms with Crippen LogP contribution in [0.4, 0.5) is 0 Å². The van der Waals surface area contributed by atoms with Crippen LogP contribution in [0.25, 0.3) is 0 Å². The molecular weight excluding hydrogens is 470 g/mol. The van der Waals surface area contributed by atoms with Gasteiger partial charge < -0.3 is 20.4 Å². The maximum atomic E-state index is 14.3. The fourth-order valence-corrected chi connectivity index (χ4v) is 9.96. The van der Waals surface area contributed by atoms with Crippen molar-refractivity contribution in [3.05, 3.63) is 23.0 Å². The lowest BCUT2D eigenvalue weighted by Gasteiger charge is -2.71. The average molecular weight is 512 g/mol. The van der Waals surface area contributed by atoms with E-state index in [0.29, 0.717) is 38.5 Å². The highest BCUT2D eigenvalue weighted by Crippen LogP contribution is 2.75. The number of ketones is 1. The zero-order valence-electron chi connectivity index (χ0n) is 22.9. The van der Waals surface area contributed by atoms with E-state index in [0.717, 1.165) is 12.0 Å². The number of carboxylic acids is 1. The topological polar surface area (TPSA) is 139 Å². The number of aliphatic carboxylic acids is 1. The van der Waals surface area contributed by atoms with Gasteiger partial charge in [-0.15, -0.1) is 0 Å². The number of fused-ring (bicyclic) bond motifs is 7. The lowest BCUT2D eigenvalue weighted by atomic mass is 9.33. The minimum Gasteiger partial charge on any atom is -0.508 e. The van der Waals surface area contributed by atoms with Gasteiger partial charge in [0.25, 0.3) is 0 Å². The Morgan fingerprint density at radius 3 is 2.22 bits per heavy atom. The number of carbonyl (C=O) groups excluding carboxylic acids is 1. The molecule has 5 aliphatic rings. The third-order valence-electron chi connectivity index (χ3n) is 12.4. The summed E-state index contributed by atoms with van der Waals surface area (Å²) in [6, 6.07) is 2.07. The maximum Gasteiger partial charge on any atom is 0.310 e. The van der Waals surface area contributed by atoms with Crippen LogP contribution >= 0.6 is 0 Å². The molecule has 0 aliphatic heterocycles. The molecule has 7 heteroatoms. The molecule has 37 heavy (non-hydrogen) atoms. The molecule has 0 amide bonds. The number of aliphatic hydroxyl groups excluding tert-OH is 1. The standard InChI is InChI=1S/C30H41NO6/c1-24(2)9-11-29(23(34)35)12-10-27(5)26(4)8-7-18-25(3,14-17(16-31)22(33)28(18,6)36)19(26)13-21(32)30(27,37)20(29)15-24/h13,18,20,33,36-37H,7-12,14-15H2,1-6H3,(H,34,35)/t18?,20-,25+,26-,27+,28+,29+,30-/m1/s1. The van der Waals surface area contributed by atoms with Crippen LogP contribution in [0.3, 0.4) is 0 Å². The first kappa shape index (κ1) is 26.4. The van der Waals surface area contributed by atoms with Gasteiger partial charge in [0, 0.05) is 22.7 Å². The van der Waals surface area contributed by atoms with Gasteiger partial charge >= 0.3 is 5.97 Å². The van der Waals surface area contributed by atoms with Gasteiger partial charge in [0.2, 0.25) is 0 Å². The number of hydrogen-bond donors (Lipinski definition) is 4. The third-order valence-corrected chi connectivity index (χ3v) is 12.4. The van der Waals surface area contributed by atoms with Crippen LogP contribution in [0, 0.1) is 50.2 Å². The highest BCUT2D eigenvalue weighted by atomic mass is 16.4. The lowest BCUT2D eigenvalue weighted by Crippen LogP contribution is -2.75. The van der Waals surface area contributed by atoms with Gasteiger partial charge in [-0.2, -0.15) is 5.26 Å².